The summed E-state index contributed by atoms with van der Waals surface area (Å²) in [6.07, 6.45) is 0.182. The van der Waals surface area contributed by atoms with Gasteiger partial charge in [-0.15, -0.1) is 0 Å². The van der Waals surface area contributed by atoms with Gasteiger partial charge >= 0.3 is 5.97 Å². The minimum Gasteiger partial charge on any atom is -0.484 e. The van der Waals surface area contributed by atoms with Crippen molar-refractivity contribution in [3.05, 3.63) is 29.8 Å². The van der Waals surface area contributed by atoms with Crippen molar-refractivity contribution in [1.82, 2.24) is 4.90 Å². The van der Waals surface area contributed by atoms with E-state index in [9.17, 15) is 9.59 Å². The second-order valence-corrected chi connectivity index (χ2v) is 5.15. The van der Waals surface area contributed by atoms with Gasteiger partial charge in [0.25, 0.3) is 5.91 Å². The fourth-order valence-corrected chi connectivity index (χ4v) is 1.69. The van der Waals surface area contributed by atoms with Crippen LogP contribution in [-0.4, -0.2) is 44.1 Å². The van der Waals surface area contributed by atoms with Crippen LogP contribution in [0.4, 0.5) is 0 Å². The zero-order valence-corrected chi connectivity index (χ0v) is 13.1. The molecule has 0 spiro atoms. The molecule has 0 fully saturated rings. The third-order valence-corrected chi connectivity index (χ3v) is 3.21. The van der Waals surface area contributed by atoms with Crippen molar-refractivity contribution in [2.24, 2.45) is 0 Å². The van der Waals surface area contributed by atoms with Gasteiger partial charge in [-0.2, -0.15) is 0 Å². The van der Waals surface area contributed by atoms with E-state index in [1.165, 1.54) is 17.6 Å². The molecule has 0 radical (unpaired) electrons. The summed E-state index contributed by atoms with van der Waals surface area (Å²) in [6, 6.07) is 7.70. The Balaban J connectivity index is 2.39. The number of hydrogen-bond acceptors (Lipinski definition) is 4. The fourth-order valence-electron chi connectivity index (χ4n) is 1.69. The summed E-state index contributed by atoms with van der Waals surface area (Å²) in [7, 11) is 2.96. The molecule has 0 saturated carbocycles. The normalized spacial score (nSPS) is 10.3. The van der Waals surface area contributed by atoms with Crippen molar-refractivity contribution in [3.63, 3.8) is 0 Å². The number of likely N-dealkylation sites (N-methyl/N-ethyl adjacent to an activating group) is 1. The molecule has 21 heavy (non-hydrogen) atoms. The number of amides is 1. The molecule has 0 heterocycles. The smallest absolute Gasteiger partial charge is 0.307 e. The van der Waals surface area contributed by atoms with Crippen LogP contribution >= 0.6 is 0 Å². The highest BCUT2D eigenvalue weighted by Gasteiger charge is 2.11. The lowest BCUT2D eigenvalue weighted by Crippen LogP contribution is -2.33. The number of nitrogens with zero attached hydrogens (tertiary/aromatic N) is 1. The molecule has 0 atom stereocenters. The van der Waals surface area contributed by atoms with Gasteiger partial charge in [-0.25, -0.2) is 0 Å². The molecule has 0 aliphatic carbocycles. The summed E-state index contributed by atoms with van der Waals surface area (Å²) in [5.41, 5.74) is 1.23. The Morgan fingerprint density at radius 3 is 2.33 bits per heavy atom. The van der Waals surface area contributed by atoms with Gasteiger partial charge < -0.3 is 14.4 Å². The van der Waals surface area contributed by atoms with E-state index in [4.69, 9.17) is 4.74 Å². The maximum absolute atomic E-state index is 11.8. The van der Waals surface area contributed by atoms with E-state index in [0.717, 1.165) is 0 Å². The molecule has 5 nitrogen and oxygen atoms in total. The molecular weight excluding hydrogens is 270 g/mol. The third kappa shape index (κ3) is 5.85. The quantitative estimate of drug-likeness (QED) is 0.723. The van der Waals surface area contributed by atoms with E-state index in [1.54, 1.807) is 7.05 Å². The van der Waals surface area contributed by atoms with Crippen molar-refractivity contribution in [2.75, 3.05) is 27.3 Å². The van der Waals surface area contributed by atoms with Crippen molar-refractivity contribution in [3.8, 4) is 5.75 Å². The van der Waals surface area contributed by atoms with Crippen LogP contribution in [0.5, 0.6) is 5.75 Å². The van der Waals surface area contributed by atoms with Crippen LogP contribution in [0, 0.1) is 0 Å². The molecule has 0 aliphatic rings. The number of benzene rings is 1. The largest absolute Gasteiger partial charge is 0.484 e. The summed E-state index contributed by atoms with van der Waals surface area (Å²) >= 11 is 0. The fraction of sp³-hybridized carbons (Fsp3) is 0.500. The minimum atomic E-state index is -0.333. The number of carbonyl (C=O) groups excluding carboxylic acids is 2. The van der Waals surface area contributed by atoms with Crippen molar-refractivity contribution in [2.45, 2.75) is 26.2 Å². The average Bonchev–Trinajstić information content (AvgIpc) is 2.50. The molecule has 1 amide bonds. The zero-order chi connectivity index (χ0) is 15.8. The van der Waals surface area contributed by atoms with E-state index in [-0.39, 0.29) is 24.9 Å². The molecule has 0 N–H and O–H groups in total. The first kappa shape index (κ1) is 17.0. The monoisotopic (exact) mass is 293 g/mol. The van der Waals surface area contributed by atoms with Gasteiger partial charge in [-0.05, 0) is 23.6 Å². The highest BCUT2D eigenvalue weighted by Crippen LogP contribution is 2.18. The molecule has 0 aromatic heterocycles. The summed E-state index contributed by atoms with van der Waals surface area (Å²) in [5.74, 6) is 0.617. The first-order valence-electron chi connectivity index (χ1n) is 6.97. The van der Waals surface area contributed by atoms with Crippen molar-refractivity contribution in [1.29, 1.82) is 0 Å². The maximum atomic E-state index is 11.8. The van der Waals surface area contributed by atoms with Crippen molar-refractivity contribution >= 4 is 11.9 Å². The topological polar surface area (TPSA) is 55.8 Å². The number of esters is 1. The van der Waals surface area contributed by atoms with Crippen LogP contribution < -0.4 is 4.74 Å². The number of methoxy groups -OCH3 is 1. The molecule has 0 aliphatic heterocycles. The standard InChI is InChI=1S/C16H23NO4/c1-12(2)13-5-7-14(8-6-13)21-11-15(18)17(3)10-9-16(19)20-4/h5-8,12H,9-11H2,1-4H3. The predicted octanol–water partition coefficient (Wildman–Crippen LogP) is 2.21. The number of carbonyl (C=O) groups is 2. The molecule has 0 unspecified atom stereocenters. The molecule has 1 rings (SSSR count). The maximum Gasteiger partial charge on any atom is 0.307 e. The molecule has 1 aromatic rings. The lowest BCUT2D eigenvalue weighted by Gasteiger charge is -2.17. The second kappa shape index (κ2) is 8.29. The Morgan fingerprint density at radius 2 is 1.81 bits per heavy atom. The first-order valence-corrected chi connectivity index (χ1v) is 6.97. The summed E-state index contributed by atoms with van der Waals surface area (Å²) in [6.45, 7) is 4.52. The Labute approximate surface area is 125 Å². The molecule has 0 saturated heterocycles. The van der Waals surface area contributed by atoms with Crippen LogP contribution in [0.15, 0.2) is 24.3 Å². The summed E-state index contributed by atoms with van der Waals surface area (Å²) < 4.78 is 9.98. The van der Waals surface area contributed by atoms with Gasteiger partial charge in [0, 0.05) is 13.6 Å². The molecule has 116 valence electrons. The SMILES string of the molecule is COC(=O)CCN(C)C(=O)COc1ccc(C(C)C)cc1. The highest BCUT2D eigenvalue weighted by atomic mass is 16.5. The first-order chi connectivity index (χ1) is 9.93. The summed E-state index contributed by atoms with van der Waals surface area (Å²) in [5, 5.41) is 0. The zero-order valence-electron chi connectivity index (χ0n) is 13.1. The lowest BCUT2D eigenvalue weighted by atomic mass is 10.0. The number of ether oxygens (including phenoxy) is 2. The molecular formula is C16H23NO4. The van der Waals surface area contributed by atoms with Crippen LogP contribution in [0.2, 0.25) is 0 Å². The van der Waals surface area contributed by atoms with Crippen LogP contribution in [-0.2, 0) is 14.3 Å². The van der Waals surface area contributed by atoms with E-state index in [2.05, 4.69) is 18.6 Å². The van der Waals surface area contributed by atoms with Crippen LogP contribution in [0.1, 0.15) is 31.7 Å². The van der Waals surface area contributed by atoms with Gasteiger partial charge in [-0.3, -0.25) is 9.59 Å². The van der Waals surface area contributed by atoms with Gasteiger partial charge in [0.15, 0.2) is 6.61 Å². The van der Waals surface area contributed by atoms with E-state index in [0.29, 0.717) is 18.2 Å². The van der Waals surface area contributed by atoms with Crippen LogP contribution in [0.3, 0.4) is 0 Å². The van der Waals surface area contributed by atoms with Crippen molar-refractivity contribution < 1.29 is 19.1 Å². The Bertz CT molecular complexity index is 468. The molecule has 5 heteroatoms. The van der Waals surface area contributed by atoms with Gasteiger partial charge in [-0.1, -0.05) is 26.0 Å². The molecule has 1 aromatic carbocycles. The lowest BCUT2D eigenvalue weighted by molar-refractivity contribution is -0.141. The third-order valence-electron chi connectivity index (χ3n) is 3.21. The van der Waals surface area contributed by atoms with E-state index >= 15 is 0 Å². The summed E-state index contributed by atoms with van der Waals surface area (Å²) in [4.78, 5) is 24.3. The van der Waals surface area contributed by atoms with Crippen LogP contribution in [0.25, 0.3) is 0 Å². The average molecular weight is 293 g/mol. The Morgan fingerprint density at radius 1 is 1.19 bits per heavy atom. The van der Waals surface area contributed by atoms with E-state index < -0.39 is 0 Å². The van der Waals surface area contributed by atoms with E-state index in [1.807, 2.05) is 24.3 Å². The van der Waals surface area contributed by atoms with Gasteiger partial charge in [0.1, 0.15) is 5.75 Å². The number of rotatable bonds is 7. The molecule has 0 bridgehead atoms. The Kier molecular flexibility index (Phi) is 6.72. The number of hydrogen-bond donors (Lipinski definition) is 0. The van der Waals surface area contributed by atoms with Gasteiger partial charge in [0.05, 0.1) is 13.5 Å². The minimum absolute atomic E-state index is 0.0430. The Hall–Kier alpha value is -2.04. The predicted molar refractivity (Wildman–Crippen MR) is 80.3 cm³/mol. The van der Waals surface area contributed by atoms with Gasteiger partial charge in [0.2, 0.25) is 0 Å². The highest BCUT2D eigenvalue weighted by molar-refractivity contribution is 5.78. The second-order valence-electron chi connectivity index (χ2n) is 5.15.